The van der Waals surface area contributed by atoms with Gasteiger partial charge in [0.15, 0.2) is 5.75 Å². The van der Waals surface area contributed by atoms with Crippen molar-refractivity contribution in [3.8, 4) is 22.9 Å². The van der Waals surface area contributed by atoms with Crippen LogP contribution in [0.5, 0.6) is 17.2 Å². The molecule has 0 aliphatic carbocycles. The van der Waals surface area contributed by atoms with Crippen LogP contribution in [0.15, 0.2) is 60.9 Å². The van der Waals surface area contributed by atoms with E-state index in [-0.39, 0.29) is 5.75 Å². The summed E-state index contributed by atoms with van der Waals surface area (Å²) in [6.45, 7) is 0. The predicted molar refractivity (Wildman–Crippen MR) is 76.8 cm³/mol. The van der Waals surface area contributed by atoms with Gasteiger partial charge in [0.05, 0.1) is 18.1 Å². The molecule has 0 amide bonds. The Morgan fingerprint density at radius 3 is 2.60 bits per heavy atom. The lowest BCUT2D eigenvalue weighted by Gasteiger charge is -2.03. The molecule has 5 heteroatoms. The summed E-state index contributed by atoms with van der Waals surface area (Å²) < 4.78 is 7.29. The van der Waals surface area contributed by atoms with Crippen LogP contribution < -0.4 is 4.74 Å². The molecule has 0 radical (unpaired) electrons. The van der Waals surface area contributed by atoms with Crippen LogP contribution in [-0.2, 0) is 0 Å². The van der Waals surface area contributed by atoms with Gasteiger partial charge in [-0.25, -0.2) is 4.68 Å². The first-order valence-corrected chi connectivity index (χ1v) is 6.36. The second-order valence-corrected chi connectivity index (χ2v) is 4.63. The highest BCUT2D eigenvalue weighted by Crippen LogP contribution is 2.24. The summed E-state index contributed by atoms with van der Waals surface area (Å²) in [6.07, 6.45) is 3.35. The fourth-order valence-corrected chi connectivity index (χ4v) is 1.90. The van der Waals surface area contributed by atoms with E-state index in [9.17, 15) is 5.11 Å². The highest BCUT2D eigenvalue weighted by molar-refractivity contribution is 6.30. The van der Waals surface area contributed by atoms with Crippen LogP contribution in [0.1, 0.15) is 0 Å². The molecule has 0 saturated heterocycles. The Labute approximate surface area is 120 Å². The summed E-state index contributed by atoms with van der Waals surface area (Å²) in [7, 11) is 0. The summed E-state index contributed by atoms with van der Waals surface area (Å²) in [6, 6.07) is 13.9. The molecular formula is C15H11ClN2O2. The van der Waals surface area contributed by atoms with E-state index >= 15 is 0 Å². The zero-order chi connectivity index (χ0) is 13.9. The second-order valence-electron chi connectivity index (χ2n) is 4.20. The number of hydrogen-bond donors (Lipinski definition) is 1. The van der Waals surface area contributed by atoms with E-state index in [0.717, 1.165) is 5.69 Å². The average molecular weight is 287 g/mol. The van der Waals surface area contributed by atoms with Gasteiger partial charge in [0, 0.05) is 11.1 Å². The van der Waals surface area contributed by atoms with Crippen LogP contribution in [0.2, 0.25) is 5.02 Å². The quantitative estimate of drug-likeness (QED) is 0.791. The summed E-state index contributed by atoms with van der Waals surface area (Å²) in [5, 5.41) is 14.3. The first-order chi connectivity index (χ1) is 9.70. The molecule has 4 nitrogen and oxygen atoms in total. The van der Waals surface area contributed by atoms with Gasteiger partial charge in [-0.05, 0) is 36.4 Å². The molecule has 0 aliphatic rings. The minimum absolute atomic E-state index is 0.193. The molecule has 0 atom stereocenters. The van der Waals surface area contributed by atoms with Crippen LogP contribution in [-0.4, -0.2) is 14.9 Å². The number of halogens is 1. The number of hydrogen-bond acceptors (Lipinski definition) is 3. The normalized spacial score (nSPS) is 10.4. The highest BCUT2D eigenvalue weighted by atomic mass is 35.5. The van der Waals surface area contributed by atoms with Gasteiger partial charge in [0.2, 0.25) is 0 Å². The van der Waals surface area contributed by atoms with Crippen LogP contribution in [0.3, 0.4) is 0 Å². The topological polar surface area (TPSA) is 47.3 Å². The Balaban J connectivity index is 1.82. The van der Waals surface area contributed by atoms with Crippen molar-refractivity contribution in [1.82, 2.24) is 9.78 Å². The van der Waals surface area contributed by atoms with E-state index in [2.05, 4.69) is 5.10 Å². The number of ether oxygens (including phenoxy) is 1. The van der Waals surface area contributed by atoms with Crippen LogP contribution >= 0.6 is 11.6 Å². The molecule has 100 valence electrons. The number of phenolic OH excluding ortho intramolecular Hbond substituents is 1. The van der Waals surface area contributed by atoms with E-state index in [1.54, 1.807) is 59.5 Å². The zero-order valence-electron chi connectivity index (χ0n) is 10.4. The Kier molecular flexibility index (Phi) is 3.31. The van der Waals surface area contributed by atoms with Crippen molar-refractivity contribution in [3.63, 3.8) is 0 Å². The van der Waals surface area contributed by atoms with Crippen molar-refractivity contribution < 1.29 is 9.84 Å². The minimum Gasteiger partial charge on any atom is -0.508 e. The van der Waals surface area contributed by atoms with Gasteiger partial charge < -0.3 is 9.84 Å². The Hall–Kier alpha value is -2.46. The lowest BCUT2D eigenvalue weighted by molar-refractivity contribution is 0.474. The van der Waals surface area contributed by atoms with Crippen molar-refractivity contribution in [2.75, 3.05) is 0 Å². The molecule has 1 aromatic heterocycles. The number of benzene rings is 2. The predicted octanol–water partition coefficient (Wildman–Crippen LogP) is 4.02. The van der Waals surface area contributed by atoms with Gasteiger partial charge in [-0.2, -0.15) is 5.10 Å². The largest absolute Gasteiger partial charge is 0.508 e. The summed E-state index contributed by atoms with van der Waals surface area (Å²) in [4.78, 5) is 0. The van der Waals surface area contributed by atoms with Gasteiger partial charge in [-0.15, -0.1) is 0 Å². The molecule has 3 rings (SSSR count). The molecule has 3 aromatic rings. The van der Waals surface area contributed by atoms with Crippen LogP contribution in [0, 0.1) is 0 Å². The van der Waals surface area contributed by atoms with E-state index < -0.39 is 0 Å². The molecule has 20 heavy (non-hydrogen) atoms. The molecule has 0 bridgehead atoms. The maximum absolute atomic E-state index is 9.46. The van der Waals surface area contributed by atoms with Crippen molar-refractivity contribution in [3.05, 3.63) is 65.9 Å². The average Bonchev–Trinajstić information content (AvgIpc) is 2.90. The maximum atomic E-state index is 9.46. The molecule has 0 fully saturated rings. The lowest BCUT2D eigenvalue weighted by atomic mass is 10.3. The Morgan fingerprint density at radius 2 is 1.85 bits per heavy atom. The summed E-state index contributed by atoms with van der Waals surface area (Å²) >= 11 is 5.82. The molecule has 1 heterocycles. The number of aromatic hydroxyl groups is 1. The zero-order valence-corrected chi connectivity index (χ0v) is 11.2. The fourth-order valence-electron chi connectivity index (χ4n) is 1.77. The molecule has 0 spiro atoms. The molecule has 0 unspecified atom stereocenters. The van der Waals surface area contributed by atoms with Crippen molar-refractivity contribution in [2.45, 2.75) is 0 Å². The van der Waals surface area contributed by atoms with E-state index in [1.165, 1.54) is 0 Å². The van der Waals surface area contributed by atoms with E-state index in [0.29, 0.717) is 16.5 Å². The molecule has 0 saturated carbocycles. The number of phenols is 1. The molecule has 0 aliphatic heterocycles. The van der Waals surface area contributed by atoms with Crippen molar-refractivity contribution in [1.29, 1.82) is 0 Å². The third-order valence-electron chi connectivity index (χ3n) is 2.70. The SMILES string of the molecule is Oc1cccc(-n2cc(Oc3ccc(Cl)cc3)cn2)c1. The standard InChI is InChI=1S/C15H11ClN2O2/c16-11-4-6-14(7-5-11)20-15-9-17-18(10-15)12-2-1-3-13(19)8-12/h1-10,19H. The third kappa shape index (κ3) is 2.75. The monoisotopic (exact) mass is 286 g/mol. The molecule has 1 N–H and O–H groups in total. The van der Waals surface area contributed by atoms with Crippen molar-refractivity contribution in [2.24, 2.45) is 0 Å². The second kappa shape index (κ2) is 5.27. The summed E-state index contributed by atoms with van der Waals surface area (Å²) in [5.74, 6) is 1.48. The molecule has 2 aromatic carbocycles. The lowest BCUT2D eigenvalue weighted by Crippen LogP contribution is -1.92. The maximum Gasteiger partial charge on any atom is 0.165 e. The van der Waals surface area contributed by atoms with Gasteiger partial charge in [0.1, 0.15) is 11.5 Å². The highest BCUT2D eigenvalue weighted by Gasteiger charge is 2.04. The first kappa shape index (κ1) is 12.6. The Morgan fingerprint density at radius 1 is 1.05 bits per heavy atom. The Bertz CT molecular complexity index is 723. The summed E-state index contributed by atoms with van der Waals surface area (Å²) in [5.41, 5.74) is 0.760. The van der Waals surface area contributed by atoms with Gasteiger partial charge in [0.25, 0.3) is 0 Å². The van der Waals surface area contributed by atoms with Gasteiger partial charge in [-0.3, -0.25) is 0 Å². The number of nitrogens with zero attached hydrogens (tertiary/aromatic N) is 2. The van der Waals surface area contributed by atoms with Gasteiger partial charge >= 0.3 is 0 Å². The van der Waals surface area contributed by atoms with E-state index in [4.69, 9.17) is 16.3 Å². The minimum atomic E-state index is 0.193. The number of aromatic nitrogens is 2. The van der Waals surface area contributed by atoms with Crippen molar-refractivity contribution >= 4 is 11.6 Å². The fraction of sp³-hybridized carbons (Fsp3) is 0. The number of rotatable bonds is 3. The molecular weight excluding hydrogens is 276 g/mol. The first-order valence-electron chi connectivity index (χ1n) is 5.98. The smallest absolute Gasteiger partial charge is 0.165 e. The third-order valence-corrected chi connectivity index (χ3v) is 2.95. The van der Waals surface area contributed by atoms with E-state index in [1.807, 2.05) is 6.07 Å². The van der Waals surface area contributed by atoms with Gasteiger partial charge in [-0.1, -0.05) is 17.7 Å². The van der Waals surface area contributed by atoms with Crippen LogP contribution in [0.4, 0.5) is 0 Å². The van der Waals surface area contributed by atoms with Crippen LogP contribution in [0.25, 0.3) is 5.69 Å².